The van der Waals surface area contributed by atoms with Crippen LogP contribution in [0.25, 0.3) is 0 Å². The van der Waals surface area contributed by atoms with Crippen molar-refractivity contribution in [3.05, 3.63) is 63.2 Å². The molecular formula is C15H10INO2. The van der Waals surface area contributed by atoms with Crippen LogP contribution in [0.1, 0.15) is 15.9 Å². The van der Waals surface area contributed by atoms with Crippen LogP contribution in [0, 0.1) is 3.57 Å². The van der Waals surface area contributed by atoms with Crippen LogP contribution in [0.4, 0.5) is 5.69 Å². The maximum absolute atomic E-state index is 12.4. The lowest BCUT2D eigenvalue weighted by Crippen LogP contribution is -2.42. The number of fused-ring (bicyclic) bond motifs is 1. The molecule has 0 bridgehead atoms. The Morgan fingerprint density at radius 2 is 1.79 bits per heavy atom. The van der Waals surface area contributed by atoms with E-state index in [9.17, 15) is 9.59 Å². The van der Waals surface area contributed by atoms with Gasteiger partial charge in [0.2, 0.25) is 5.91 Å². The van der Waals surface area contributed by atoms with Crippen LogP contribution in [0.15, 0.2) is 48.5 Å². The minimum absolute atomic E-state index is 0.175. The van der Waals surface area contributed by atoms with Gasteiger partial charge in [0, 0.05) is 9.13 Å². The smallest absolute Gasteiger partial charge is 0.265 e. The van der Waals surface area contributed by atoms with Gasteiger partial charge in [0.1, 0.15) is 0 Å². The van der Waals surface area contributed by atoms with Crippen molar-refractivity contribution in [3.63, 3.8) is 0 Å². The predicted octanol–water partition coefficient (Wildman–Crippen LogP) is 3.02. The zero-order valence-corrected chi connectivity index (χ0v) is 12.1. The molecule has 2 amide bonds. The van der Waals surface area contributed by atoms with E-state index in [4.69, 9.17) is 0 Å². The number of amides is 2. The van der Waals surface area contributed by atoms with E-state index in [2.05, 4.69) is 22.6 Å². The van der Waals surface area contributed by atoms with Gasteiger partial charge >= 0.3 is 0 Å². The van der Waals surface area contributed by atoms with E-state index in [0.29, 0.717) is 11.3 Å². The van der Waals surface area contributed by atoms with Crippen molar-refractivity contribution < 1.29 is 9.59 Å². The van der Waals surface area contributed by atoms with Crippen molar-refractivity contribution >= 4 is 40.1 Å². The Bertz CT molecular complexity index is 681. The fourth-order valence-corrected chi connectivity index (χ4v) is 2.76. The number of anilines is 1. The number of benzene rings is 2. The minimum atomic E-state index is -0.242. The highest BCUT2D eigenvalue weighted by Gasteiger charge is 2.31. The number of hydrogen-bond acceptors (Lipinski definition) is 2. The second-order valence-electron chi connectivity index (χ2n) is 4.35. The van der Waals surface area contributed by atoms with Gasteiger partial charge in [-0.15, -0.1) is 0 Å². The normalized spacial score (nSPS) is 14.5. The quantitative estimate of drug-likeness (QED) is 0.577. The Hall–Kier alpha value is -1.69. The number of hydrogen-bond donors (Lipinski definition) is 0. The van der Waals surface area contributed by atoms with Crippen LogP contribution in [0.2, 0.25) is 0 Å². The number of halogens is 1. The highest BCUT2D eigenvalue weighted by atomic mass is 127. The van der Waals surface area contributed by atoms with Crippen LogP contribution in [0.5, 0.6) is 0 Å². The molecule has 0 unspecified atom stereocenters. The molecule has 0 atom stereocenters. The lowest BCUT2D eigenvalue weighted by molar-refractivity contribution is -0.117. The van der Waals surface area contributed by atoms with Crippen molar-refractivity contribution in [2.75, 3.05) is 4.90 Å². The molecule has 0 radical (unpaired) electrons. The second kappa shape index (κ2) is 4.77. The highest BCUT2D eigenvalue weighted by Crippen LogP contribution is 2.26. The third-order valence-corrected chi connectivity index (χ3v) is 3.78. The zero-order chi connectivity index (χ0) is 13.4. The monoisotopic (exact) mass is 363 g/mol. The number of carbonyl (C=O) groups excluding carboxylic acids is 2. The molecule has 0 N–H and O–H groups in total. The molecule has 0 spiro atoms. The molecule has 4 heteroatoms. The largest absolute Gasteiger partial charge is 0.274 e. The summed E-state index contributed by atoms with van der Waals surface area (Å²) in [6.45, 7) is 0. The molecule has 0 fully saturated rings. The third kappa shape index (κ3) is 2.16. The summed E-state index contributed by atoms with van der Waals surface area (Å²) in [5, 5.41) is 0. The molecule has 3 rings (SSSR count). The van der Waals surface area contributed by atoms with Crippen LogP contribution in [-0.4, -0.2) is 11.8 Å². The summed E-state index contributed by atoms with van der Waals surface area (Å²) < 4.78 is 0.995. The Morgan fingerprint density at radius 3 is 2.58 bits per heavy atom. The molecule has 1 aliphatic rings. The van der Waals surface area contributed by atoms with Crippen LogP contribution in [0.3, 0.4) is 0 Å². The molecule has 0 aromatic heterocycles. The van der Waals surface area contributed by atoms with Gasteiger partial charge in [0.05, 0.1) is 12.1 Å². The van der Waals surface area contributed by atoms with Gasteiger partial charge in [-0.1, -0.05) is 24.3 Å². The van der Waals surface area contributed by atoms with Gasteiger partial charge in [-0.25, -0.2) is 4.90 Å². The Balaban J connectivity index is 2.09. The number of carbonyl (C=O) groups is 2. The van der Waals surface area contributed by atoms with Gasteiger partial charge in [-0.05, 0) is 52.4 Å². The Morgan fingerprint density at radius 1 is 1.00 bits per heavy atom. The first-order valence-electron chi connectivity index (χ1n) is 5.87. The van der Waals surface area contributed by atoms with E-state index in [1.54, 1.807) is 12.1 Å². The van der Waals surface area contributed by atoms with Crippen molar-refractivity contribution in [3.8, 4) is 0 Å². The summed E-state index contributed by atoms with van der Waals surface area (Å²) in [6.07, 6.45) is 0.271. The standard InChI is InChI=1S/C15H10INO2/c16-11-5-3-6-12(9-11)17-14(18)8-10-4-1-2-7-13(10)15(17)19/h1-7,9H,8H2. The predicted molar refractivity (Wildman–Crippen MR) is 81.1 cm³/mol. The van der Waals surface area contributed by atoms with Crippen molar-refractivity contribution in [1.82, 2.24) is 0 Å². The van der Waals surface area contributed by atoms with Crippen molar-refractivity contribution in [1.29, 1.82) is 0 Å². The molecule has 2 aromatic rings. The fraction of sp³-hybridized carbons (Fsp3) is 0.0667. The molecule has 1 heterocycles. The Kier molecular flexibility index (Phi) is 3.10. The molecule has 1 aliphatic heterocycles. The first-order valence-corrected chi connectivity index (χ1v) is 6.95. The van der Waals surface area contributed by atoms with Gasteiger partial charge < -0.3 is 0 Å². The van der Waals surface area contributed by atoms with E-state index in [1.165, 1.54) is 4.90 Å². The molecule has 19 heavy (non-hydrogen) atoms. The molecule has 3 nitrogen and oxygen atoms in total. The second-order valence-corrected chi connectivity index (χ2v) is 5.59. The first-order chi connectivity index (χ1) is 9.16. The van der Waals surface area contributed by atoms with Gasteiger partial charge in [-0.3, -0.25) is 9.59 Å². The van der Waals surface area contributed by atoms with E-state index in [0.717, 1.165) is 9.13 Å². The summed E-state index contributed by atoms with van der Waals surface area (Å²) in [7, 11) is 0. The number of rotatable bonds is 1. The van der Waals surface area contributed by atoms with Crippen LogP contribution >= 0.6 is 22.6 Å². The van der Waals surface area contributed by atoms with E-state index in [1.807, 2.05) is 36.4 Å². The summed E-state index contributed by atoms with van der Waals surface area (Å²) in [5.41, 5.74) is 2.05. The maximum Gasteiger partial charge on any atom is 0.265 e. The fourth-order valence-electron chi connectivity index (χ4n) is 2.24. The highest BCUT2D eigenvalue weighted by molar-refractivity contribution is 14.1. The number of nitrogens with zero attached hydrogens (tertiary/aromatic N) is 1. The average molecular weight is 363 g/mol. The average Bonchev–Trinajstić information content (AvgIpc) is 2.39. The summed E-state index contributed by atoms with van der Waals surface area (Å²) in [4.78, 5) is 25.9. The van der Waals surface area contributed by atoms with Crippen molar-refractivity contribution in [2.45, 2.75) is 6.42 Å². The molecular weight excluding hydrogens is 353 g/mol. The topological polar surface area (TPSA) is 37.4 Å². The first kappa shape index (κ1) is 12.3. The van der Waals surface area contributed by atoms with Gasteiger partial charge in [0.15, 0.2) is 0 Å². The molecule has 0 aliphatic carbocycles. The molecule has 94 valence electrons. The van der Waals surface area contributed by atoms with Crippen molar-refractivity contribution in [2.24, 2.45) is 0 Å². The minimum Gasteiger partial charge on any atom is -0.274 e. The number of imide groups is 1. The zero-order valence-electron chi connectivity index (χ0n) is 9.97. The maximum atomic E-state index is 12.4. The summed E-state index contributed by atoms with van der Waals surface area (Å²) in [6, 6.07) is 14.7. The lowest BCUT2D eigenvalue weighted by atomic mass is 9.98. The van der Waals surface area contributed by atoms with E-state index in [-0.39, 0.29) is 18.2 Å². The molecule has 0 saturated carbocycles. The Labute approximate surface area is 124 Å². The SMILES string of the molecule is O=C1Cc2ccccc2C(=O)N1c1cccc(I)c1. The van der Waals surface area contributed by atoms with E-state index >= 15 is 0 Å². The molecule has 2 aromatic carbocycles. The van der Waals surface area contributed by atoms with Gasteiger partial charge in [0.25, 0.3) is 5.91 Å². The summed E-state index contributed by atoms with van der Waals surface area (Å²) >= 11 is 2.17. The molecule has 0 saturated heterocycles. The van der Waals surface area contributed by atoms with Gasteiger partial charge in [-0.2, -0.15) is 0 Å². The lowest BCUT2D eigenvalue weighted by Gasteiger charge is -2.26. The third-order valence-electron chi connectivity index (χ3n) is 3.11. The van der Waals surface area contributed by atoms with Crippen LogP contribution < -0.4 is 4.90 Å². The summed E-state index contributed by atoms with van der Waals surface area (Å²) in [5.74, 6) is -0.417. The van der Waals surface area contributed by atoms with E-state index < -0.39 is 0 Å². The van der Waals surface area contributed by atoms with Crippen LogP contribution in [-0.2, 0) is 11.2 Å².